The number of ether oxygens (including phenoxy) is 1. The molecule has 0 N–H and O–H groups in total. The predicted molar refractivity (Wildman–Crippen MR) is 118 cm³/mol. The summed E-state index contributed by atoms with van der Waals surface area (Å²) >= 11 is 5.99. The second kappa shape index (κ2) is 9.13. The van der Waals surface area contributed by atoms with E-state index in [1.165, 1.54) is 0 Å². The lowest BCUT2D eigenvalue weighted by Crippen LogP contribution is -2.52. The molecule has 2 aromatic carbocycles. The van der Waals surface area contributed by atoms with Crippen LogP contribution >= 0.6 is 11.6 Å². The van der Waals surface area contributed by atoms with Gasteiger partial charge >= 0.3 is 0 Å². The third-order valence-electron chi connectivity index (χ3n) is 5.04. The van der Waals surface area contributed by atoms with Gasteiger partial charge in [-0.1, -0.05) is 48.0 Å². The summed E-state index contributed by atoms with van der Waals surface area (Å²) in [6.45, 7) is 4.42. The molecule has 6 nitrogen and oxygen atoms in total. The second-order valence-electron chi connectivity index (χ2n) is 7.13. The average molecular weight is 423 g/mol. The molecule has 2 heterocycles. The summed E-state index contributed by atoms with van der Waals surface area (Å²) in [7, 11) is 0. The van der Waals surface area contributed by atoms with Gasteiger partial charge in [0, 0.05) is 43.0 Å². The summed E-state index contributed by atoms with van der Waals surface area (Å²) in [6, 6.07) is 18.9. The molecular weight excluding hydrogens is 400 g/mol. The minimum Gasteiger partial charge on any atom is -0.481 e. The van der Waals surface area contributed by atoms with E-state index in [0.717, 1.165) is 11.4 Å². The van der Waals surface area contributed by atoms with Gasteiger partial charge in [0.2, 0.25) is 0 Å². The van der Waals surface area contributed by atoms with Gasteiger partial charge < -0.3 is 14.5 Å². The molecule has 0 spiro atoms. The van der Waals surface area contributed by atoms with E-state index < -0.39 is 6.10 Å². The van der Waals surface area contributed by atoms with Gasteiger partial charge in [0.1, 0.15) is 11.6 Å². The molecule has 4 rings (SSSR count). The van der Waals surface area contributed by atoms with Crippen molar-refractivity contribution in [3.63, 3.8) is 0 Å². The number of halogens is 1. The Kier molecular flexibility index (Phi) is 6.14. The van der Waals surface area contributed by atoms with E-state index in [1.54, 1.807) is 37.4 Å². The van der Waals surface area contributed by atoms with Crippen LogP contribution in [0, 0.1) is 0 Å². The van der Waals surface area contributed by atoms with Crippen molar-refractivity contribution in [1.29, 1.82) is 0 Å². The van der Waals surface area contributed by atoms with Gasteiger partial charge in [-0.3, -0.25) is 4.79 Å². The van der Waals surface area contributed by atoms with E-state index >= 15 is 0 Å². The smallest absolute Gasteiger partial charge is 0.263 e. The van der Waals surface area contributed by atoms with Gasteiger partial charge in [-0.2, -0.15) is 0 Å². The lowest BCUT2D eigenvalue weighted by Gasteiger charge is -2.36. The lowest BCUT2D eigenvalue weighted by molar-refractivity contribution is -0.138. The number of anilines is 1. The zero-order chi connectivity index (χ0) is 20.9. The summed E-state index contributed by atoms with van der Waals surface area (Å²) in [5.74, 6) is 2.15. The number of hydrogen-bond acceptors (Lipinski definition) is 5. The number of nitrogens with zero attached hydrogens (tertiary/aromatic N) is 4. The van der Waals surface area contributed by atoms with Crippen LogP contribution in [0.3, 0.4) is 0 Å². The van der Waals surface area contributed by atoms with Crippen LogP contribution in [-0.2, 0) is 4.79 Å². The van der Waals surface area contributed by atoms with Crippen molar-refractivity contribution < 1.29 is 9.53 Å². The fourth-order valence-corrected chi connectivity index (χ4v) is 3.64. The van der Waals surface area contributed by atoms with Crippen molar-refractivity contribution >= 4 is 23.3 Å². The molecule has 7 heteroatoms. The summed E-state index contributed by atoms with van der Waals surface area (Å²) in [5, 5.41) is 0.584. The first-order valence-corrected chi connectivity index (χ1v) is 10.3. The quantitative estimate of drug-likeness (QED) is 0.623. The van der Waals surface area contributed by atoms with Crippen molar-refractivity contribution in [3.8, 4) is 17.1 Å². The van der Waals surface area contributed by atoms with Gasteiger partial charge in [-0.25, -0.2) is 9.97 Å². The highest BCUT2D eigenvalue weighted by Crippen LogP contribution is 2.21. The van der Waals surface area contributed by atoms with Gasteiger partial charge in [0.15, 0.2) is 11.9 Å². The third-order valence-corrected chi connectivity index (χ3v) is 5.28. The number of amides is 1. The maximum Gasteiger partial charge on any atom is 0.263 e. The SMILES string of the molecule is CC(Oc1cccc(Cl)c1)C(=O)N1CCN(c2ccnc(-c3ccccc3)n2)CC1. The number of aromatic nitrogens is 2. The molecule has 1 fully saturated rings. The van der Waals surface area contributed by atoms with Crippen molar-refractivity contribution in [2.24, 2.45) is 0 Å². The molecule has 1 aromatic heterocycles. The summed E-state index contributed by atoms with van der Waals surface area (Å²) < 4.78 is 5.78. The minimum absolute atomic E-state index is 0.0257. The first-order chi connectivity index (χ1) is 14.6. The van der Waals surface area contributed by atoms with Crippen molar-refractivity contribution in [1.82, 2.24) is 14.9 Å². The molecule has 1 aliphatic heterocycles. The van der Waals surface area contributed by atoms with Crippen LogP contribution in [0.1, 0.15) is 6.92 Å². The summed E-state index contributed by atoms with van der Waals surface area (Å²) in [4.78, 5) is 25.9. The standard InChI is InChI=1S/C23H23ClN4O2/c1-17(30-20-9-5-8-19(24)16-20)23(29)28-14-12-27(13-15-28)21-10-11-25-22(26-21)18-6-3-2-4-7-18/h2-11,16-17H,12-15H2,1H3. The van der Waals surface area contributed by atoms with Crippen LogP contribution in [0.4, 0.5) is 5.82 Å². The highest BCUT2D eigenvalue weighted by Gasteiger charge is 2.26. The van der Waals surface area contributed by atoms with Gasteiger partial charge in [-0.05, 0) is 31.2 Å². The number of piperazine rings is 1. The Morgan fingerprint density at radius 1 is 1.03 bits per heavy atom. The average Bonchev–Trinajstić information content (AvgIpc) is 2.79. The molecule has 1 unspecified atom stereocenters. The summed E-state index contributed by atoms with van der Waals surface area (Å²) in [6.07, 6.45) is 1.21. The Balaban J connectivity index is 1.36. The topological polar surface area (TPSA) is 58.6 Å². The molecule has 1 amide bonds. The second-order valence-corrected chi connectivity index (χ2v) is 7.57. The van der Waals surface area contributed by atoms with Crippen molar-refractivity contribution in [3.05, 3.63) is 71.9 Å². The van der Waals surface area contributed by atoms with Crippen molar-refractivity contribution in [2.75, 3.05) is 31.1 Å². The Hall–Kier alpha value is -3.12. The van der Waals surface area contributed by atoms with Crippen LogP contribution in [0.2, 0.25) is 5.02 Å². The summed E-state index contributed by atoms with van der Waals surface area (Å²) in [5.41, 5.74) is 0.986. The zero-order valence-electron chi connectivity index (χ0n) is 16.7. The normalized spacial score (nSPS) is 15.0. The Bertz CT molecular complexity index is 1010. The van der Waals surface area contributed by atoms with E-state index in [2.05, 4.69) is 9.88 Å². The maximum atomic E-state index is 12.8. The highest BCUT2D eigenvalue weighted by molar-refractivity contribution is 6.30. The lowest BCUT2D eigenvalue weighted by atomic mass is 10.2. The van der Waals surface area contributed by atoms with Gasteiger partial charge in [0.05, 0.1) is 0 Å². The van der Waals surface area contributed by atoms with E-state index in [0.29, 0.717) is 42.8 Å². The number of benzene rings is 2. The number of carbonyl (C=O) groups excluding carboxylic acids is 1. The number of rotatable bonds is 5. The molecule has 3 aromatic rings. The number of hydrogen-bond donors (Lipinski definition) is 0. The number of carbonyl (C=O) groups is 1. The van der Waals surface area contributed by atoms with E-state index in [-0.39, 0.29) is 5.91 Å². The molecule has 30 heavy (non-hydrogen) atoms. The molecule has 1 aliphatic rings. The molecule has 1 saturated heterocycles. The first-order valence-electron chi connectivity index (χ1n) is 9.94. The van der Waals surface area contributed by atoms with Crippen LogP contribution in [0.5, 0.6) is 5.75 Å². The van der Waals surface area contributed by atoms with Crippen LogP contribution in [-0.4, -0.2) is 53.1 Å². The molecule has 0 radical (unpaired) electrons. The largest absolute Gasteiger partial charge is 0.481 e. The van der Waals surface area contributed by atoms with Crippen LogP contribution < -0.4 is 9.64 Å². The fraction of sp³-hybridized carbons (Fsp3) is 0.261. The van der Waals surface area contributed by atoms with E-state index in [1.807, 2.05) is 41.3 Å². The monoisotopic (exact) mass is 422 g/mol. The minimum atomic E-state index is -0.571. The van der Waals surface area contributed by atoms with E-state index in [9.17, 15) is 4.79 Å². The molecular formula is C23H23ClN4O2. The molecule has 0 aliphatic carbocycles. The third kappa shape index (κ3) is 4.71. The highest BCUT2D eigenvalue weighted by atomic mass is 35.5. The molecule has 1 atom stereocenters. The molecule has 0 bridgehead atoms. The van der Waals surface area contributed by atoms with Crippen molar-refractivity contribution in [2.45, 2.75) is 13.0 Å². The van der Waals surface area contributed by atoms with Crippen LogP contribution in [0.15, 0.2) is 66.9 Å². The van der Waals surface area contributed by atoms with E-state index in [4.69, 9.17) is 21.3 Å². The maximum absolute atomic E-state index is 12.8. The Morgan fingerprint density at radius 2 is 1.80 bits per heavy atom. The first kappa shape index (κ1) is 20.2. The van der Waals surface area contributed by atoms with Gasteiger partial charge in [-0.15, -0.1) is 0 Å². The van der Waals surface area contributed by atoms with Gasteiger partial charge in [0.25, 0.3) is 5.91 Å². The predicted octanol–water partition coefficient (Wildman–Crippen LogP) is 3.91. The molecule has 154 valence electrons. The van der Waals surface area contributed by atoms with Crippen LogP contribution in [0.25, 0.3) is 11.4 Å². The Labute approximate surface area is 181 Å². The zero-order valence-corrected chi connectivity index (χ0v) is 17.5. The molecule has 0 saturated carbocycles. The Morgan fingerprint density at radius 3 is 2.53 bits per heavy atom. The fourth-order valence-electron chi connectivity index (χ4n) is 3.46.